The van der Waals surface area contributed by atoms with E-state index >= 15 is 0 Å². The first kappa shape index (κ1) is 24.3. The summed E-state index contributed by atoms with van der Waals surface area (Å²) in [6.45, 7) is 17.0. The molecule has 188 valence electrons. The van der Waals surface area contributed by atoms with Gasteiger partial charge in [-0.2, -0.15) is 0 Å². The zero-order valence-electron chi connectivity index (χ0n) is 22.4. The van der Waals surface area contributed by atoms with Crippen LogP contribution >= 0.6 is 0 Å². The van der Waals surface area contributed by atoms with Gasteiger partial charge in [0.25, 0.3) is 0 Å². The van der Waals surface area contributed by atoms with E-state index in [4.69, 9.17) is 0 Å². The number of hydrogen-bond donors (Lipinski definition) is 3. The van der Waals surface area contributed by atoms with Crippen molar-refractivity contribution in [2.75, 3.05) is 6.61 Å². The lowest BCUT2D eigenvalue weighted by Gasteiger charge is -2.71. The van der Waals surface area contributed by atoms with Gasteiger partial charge in [-0.25, -0.2) is 0 Å². The van der Waals surface area contributed by atoms with Crippen molar-refractivity contribution in [3.8, 4) is 0 Å². The first-order valence-electron chi connectivity index (χ1n) is 13.9. The number of aliphatic hydroxyl groups excluding tert-OH is 3. The minimum absolute atomic E-state index is 0.00950. The lowest BCUT2D eigenvalue weighted by atomic mass is 9.33. The molecular formula is C30H50O3. The molecule has 0 aromatic carbocycles. The molecule has 0 radical (unpaired) electrons. The van der Waals surface area contributed by atoms with Gasteiger partial charge < -0.3 is 15.3 Å². The van der Waals surface area contributed by atoms with E-state index in [0.29, 0.717) is 17.8 Å². The van der Waals surface area contributed by atoms with E-state index < -0.39 is 6.10 Å². The van der Waals surface area contributed by atoms with Gasteiger partial charge in [-0.3, -0.25) is 0 Å². The molecule has 5 aliphatic carbocycles. The van der Waals surface area contributed by atoms with Crippen LogP contribution in [0.5, 0.6) is 0 Å². The van der Waals surface area contributed by atoms with Gasteiger partial charge in [0, 0.05) is 10.8 Å². The van der Waals surface area contributed by atoms with E-state index in [9.17, 15) is 15.3 Å². The highest BCUT2D eigenvalue weighted by Crippen LogP contribution is 2.75. The second-order valence-corrected chi connectivity index (χ2v) is 15.2. The molecule has 3 N–H and O–H groups in total. The highest BCUT2D eigenvalue weighted by atomic mass is 16.3. The van der Waals surface area contributed by atoms with Crippen molar-refractivity contribution < 1.29 is 15.3 Å². The maximum Gasteiger partial charge on any atom is 0.0618 e. The van der Waals surface area contributed by atoms with E-state index in [-0.39, 0.29) is 45.2 Å². The van der Waals surface area contributed by atoms with Crippen LogP contribution in [-0.4, -0.2) is 34.1 Å². The van der Waals surface area contributed by atoms with Gasteiger partial charge in [0.2, 0.25) is 0 Å². The number of aliphatic hydroxyl groups is 3. The molecule has 4 saturated carbocycles. The molecule has 0 saturated heterocycles. The normalized spacial score (nSPS) is 57.8. The SMILES string of the molecule is CC1(C)CC(O)[C@]2(C)CC[C@]3(C)C(=CC[C@@H]4[C@@]5(C)CCC(O)C(C)(CO)C5CC[C@]43C)[C@H]2C1. The summed E-state index contributed by atoms with van der Waals surface area (Å²) < 4.78 is 0. The Bertz CT molecular complexity index is 847. The van der Waals surface area contributed by atoms with Crippen molar-refractivity contribution in [3.63, 3.8) is 0 Å². The topological polar surface area (TPSA) is 60.7 Å². The Morgan fingerprint density at radius 2 is 1.48 bits per heavy atom. The third-order valence-corrected chi connectivity index (χ3v) is 13.2. The largest absolute Gasteiger partial charge is 0.396 e. The van der Waals surface area contributed by atoms with Gasteiger partial charge in [0.05, 0.1) is 18.8 Å². The Hall–Kier alpha value is -0.380. The fourth-order valence-corrected chi connectivity index (χ4v) is 10.7. The molecule has 5 rings (SSSR count). The van der Waals surface area contributed by atoms with E-state index in [1.807, 2.05) is 0 Å². The van der Waals surface area contributed by atoms with Crippen LogP contribution in [0.3, 0.4) is 0 Å². The fraction of sp³-hybridized carbons (Fsp3) is 0.933. The van der Waals surface area contributed by atoms with E-state index in [1.165, 1.54) is 19.3 Å². The van der Waals surface area contributed by atoms with Crippen LogP contribution in [-0.2, 0) is 0 Å². The first-order valence-corrected chi connectivity index (χ1v) is 13.9. The number of hydrogen-bond acceptors (Lipinski definition) is 3. The molecule has 0 aromatic rings. The van der Waals surface area contributed by atoms with Crippen molar-refractivity contribution in [2.24, 2.45) is 50.2 Å². The summed E-state index contributed by atoms with van der Waals surface area (Å²) in [5, 5.41) is 32.6. The third kappa shape index (κ3) is 2.91. The maximum absolute atomic E-state index is 11.3. The molecule has 10 atom stereocenters. The van der Waals surface area contributed by atoms with Crippen LogP contribution in [0.15, 0.2) is 11.6 Å². The Morgan fingerprint density at radius 1 is 0.788 bits per heavy atom. The quantitative estimate of drug-likeness (QED) is 0.415. The third-order valence-electron chi connectivity index (χ3n) is 13.2. The number of rotatable bonds is 1. The van der Waals surface area contributed by atoms with E-state index in [2.05, 4.69) is 54.5 Å². The molecule has 4 unspecified atom stereocenters. The molecule has 0 aliphatic heterocycles. The Morgan fingerprint density at radius 3 is 2.15 bits per heavy atom. The summed E-state index contributed by atoms with van der Waals surface area (Å²) >= 11 is 0. The van der Waals surface area contributed by atoms with Gasteiger partial charge in [-0.15, -0.1) is 0 Å². The molecule has 5 aliphatic rings. The van der Waals surface area contributed by atoms with Gasteiger partial charge in [0.1, 0.15) is 0 Å². The molecule has 0 aromatic heterocycles. The van der Waals surface area contributed by atoms with Crippen molar-refractivity contribution in [3.05, 3.63) is 11.6 Å². The fourth-order valence-electron chi connectivity index (χ4n) is 10.7. The predicted octanol–water partition coefficient (Wildman–Crippen LogP) is 6.11. The summed E-state index contributed by atoms with van der Waals surface area (Å²) in [6, 6.07) is 0. The molecule has 3 nitrogen and oxygen atoms in total. The number of allylic oxidation sites excluding steroid dienone is 2. The highest BCUT2D eigenvalue weighted by Gasteiger charge is 2.69. The second-order valence-electron chi connectivity index (χ2n) is 15.2. The smallest absolute Gasteiger partial charge is 0.0618 e. The minimum Gasteiger partial charge on any atom is -0.396 e. The Kier molecular flexibility index (Phi) is 5.23. The zero-order chi connectivity index (χ0) is 24.2. The molecule has 4 fully saturated rings. The molecule has 3 heteroatoms. The summed E-state index contributed by atoms with van der Waals surface area (Å²) in [6.07, 6.45) is 11.7. The van der Waals surface area contributed by atoms with Crippen LogP contribution < -0.4 is 0 Å². The second kappa shape index (κ2) is 7.10. The summed E-state index contributed by atoms with van der Waals surface area (Å²) in [5.41, 5.74) is 2.04. The standard InChI is InChI=1S/C30H50O3/c1-25(2)16-20-19-8-9-22-27(4)12-11-23(32)28(5,18-31)21(27)10-13-30(22,7)29(19,6)15-14-26(20,3)24(33)17-25/h8,20-24,31-33H,9-18H2,1-7H3/t20-,21?,22-,23?,24?,26-,27+,28?,29-,30-/m1/s1. The van der Waals surface area contributed by atoms with Crippen molar-refractivity contribution in [2.45, 2.75) is 118 Å². The lowest BCUT2D eigenvalue weighted by Crippen LogP contribution is -2.66. The van der Waals surface area contributed by atoms with Crippen LogP contribution in [0.2, 0.25) is 0 Å². The monoisotopic (exact) mass is 458 g/mol. The zero-order valence-corrected chi connectivity index (χ0v) is 22.4. The van der Waals surface area contributed by atoms with Gasteiger partial charge >= 0.3 is 0 Å². The van der Waals surface area contributed by atoms with Crippen molar-refractivity contribution in [1.29, 1.82) is 0 Å². The molecule has 0 amide bonds. The summed E-state index contributed by atoms with van der Waals surface area (Å²) in [7, 11) is 0. The van der Waals surface area contributed by atoms with Gasteiger partial charge in [0.15, 0.2) is 0 Å². The predicted molar refractivity (Wildman–Crippen MR) is 134 cm³/mol. The van der Waals surface area contributed by atoms with Crippen molar-refractivity contribution in [1.82, 2.24) is 0 Å². The number of fused-ring (bicyclic) bond motifs is 7. The maximum atomic E-state index is 11.3. The molecule has 33 heavy (non-hydrogen) atoms. The van der Waals surface area contributed by atoms with Gasteiger partial charge in [-0.1, -0.05) is 60.1 Å². The average Bonchev–Trinajstić information content (AvgIpc) is 2.73. The molecule has 0 spiro atoms. The molecular weight excluding hydrogens is 408 g/mol. The lowest BCUT2D eigenvalue weighted by molar-refractivity contribution is -0.218. The van der Waals surface area contributed by atoms with Crippen LogP contribution in [0.25, 0.3) is 0 Å². The van der Waals surface area contributed by atoms with Crippen LogP contribution in [0, 0.1) is 50.2 Å². The van der Waals surface area contributed by atoms with Crippen LogP contribution in [0.1, 0.15) is 106 Å². The Balaban J connectivity index is 1.58. The minimum atomic E-state index is -0.392. The van der Waals surface area contributed by atoms with E-state index in [0.717, 1.165) is 38.5 Å². The first-order chi connectivity index (χ1) is 15.2. The highest BCUT2D eigenvalue weighted by molar-refractivity contribution is 5.34. The Labute approximate surface area is 202 Å². The van der Waals surface area contributed by atoms with Gasteiger partial charge in [-0.05, 0) is 97.2 Å². The molecule has 0 bridgehead atoms. The molecule has 0 heterocycles. The van der Waals surface area contributed by atoms with E-state index in [1.54, 1.807) is 5.57 Å². The van der Waals surface area contributed by atoms with Crippen molar-refractivity contribution >= 4 is 0 Å². The summed E-state index contributed by atoms with van der Waals surface area (Å²) in [4.78, 5) is 0. The summed E-state index contributed by atoms with van der Waals surface area (Å²) in [5.74, 6) is 1.44. The van der Waals surface area contributed by atoms with Crippen LogP contribution in [0.4, 0.5) is 0 Å². The average molecular weight is 459 g/mol.